The van der Waals surface area contributed by atoms with Crippen molar-refractivity contribution in [2.45, 2.75) is 19.9 Å². The van der Waals surface area contributed by atoms with E-state index in [0.717, 1.165) is 10.6 Å². The first-order valence-corrected chi connectivity index (χ1v) is 8.66. The van der Waals surface area contributed by atoms with Gasteiger partial charge in [-0.05, 0) is 6.92 Å². The molecule has 0 aliphatic carbocycles. The molecule has 1 aromatic rings. The van der Waals surface area contributed by atoms with Crippen molar-refractivity contribution in [3.8, 4) is 0 Å². The molecule has 1 N–H and O–H groups in total. The zero-order valence-electron chi connectivity index (χ0n) is 12.1. The number of carbonyl (C=O) groups excluding carboxylic acids is 1. The van der Waals surface area contributed by atoms with Crippen LogP contribution in [-0.2, 0) is 27.9 Å². The van der Waals surface area contributed by atoms with E-state index < -0.39 is 16.3 Å². The Kier molecular flexibility index (Phi) is 4.81. The quantitative estimate of drug-likeness (QED) is 0.882. The third kappa shape index (κ3) is 3.51. The molecule has 1 aliphatic heterocycles. The molecule has 1 aromatic heterocycles. The van der Waals surface area contributed by atoms with Crippen LogP contribution in [0.25, 0.3) is 0 Å². The van der Waals surface area contributed by atoms with Gasteiger partial charge in [0.05, 0.1) is 18.8 Å². The second-order valence-corrected chi connectivity index (χ2v) is 7.83. The van der Waals surface area contributed by atoms with E-state index >= 15 is 0 Å². The minimum Gasteiger partial charge on any atom is -0.450 e. The van der Waals surface area contributed by atoms with Gasteiger partial charge in [0.2, 0.25) is 0 Å². The van der Waals surface area contributed by atoms with Crippen molar-refractivity contribution in [1.29, 1.82) is 0 Å². The number of nitrogens with zero attached hydrogens (tertiary/aromatic N) is 3. The van der Waals surface area contributed by atoms with E-state index in [-0.39, 0.29) is 13.2 Å². The largest absolute Gasteiger partial charge is 0.450 e. The second-order valence-electron chi connectivity index (χ2n) is 4.61. The molecule has 1 amide bonds. The highest BCUT2D eigenvalue weighted by molar-refractivity contribution is 7.86. The first kappa shape index (κ1) is 16.1. The van der Waals surface area contributed by atoms with E-state index in [2.05, 4.69) is 10.3 Å². The summed E-state index contributed by atoms with van der Waals surface area (Å²) in [6, 6.07) is 0. The molecule has 21 heavy (non-hydrogen) atoms. The van der Waals surface area contributed by atoms with Crippen LogP contribution in [0, 0.1) is 0 Å². The number of thiazole rings is 1. The summed E-state index contributed by atoms with van der Waals surface area (Å²) in [6.45, 7) is 2.66. The Morgan fingerprint density at radius 1 is 1.52 bits per heavy atom. The molecule has 0 aromatic carbocycles. The van der Waals surface area contributed by atoms with Gasteiger partial charge in [0.15, 0.2) is 5.13 Å². The fourth-order valence-electron chi connectivity index (χ4n) is 1.91. The van der Waals surface area contributed by atoms with Gasteiger partial charge in [-0.1, -0.05) is 11.3 Å². The fourth-order valence-corrected chi connectivity index (χ4v) is 4.08. The predicted octanol–water partition coefficient (Wildman–Crippen LogP) is 0.876. The molecule has 0 bridgehead atoms. The SMILES string of the molecule is CCOC(=O)Nc1nc2c(s1)CN(S(=O)(=O)N(C)C)CC2. The molecule has 2 rings (SSSR count). The highest BCUT2D eigenvalue weighted by Crippen LogP contribution is 2.29. The van der Waals surface area contributed by atoms with E-state index in [0.29, 0.717) is 18.1 Å². The number of fused-ring (bicyclic) bond motifs is 1. The molecular weight excluding hydrogens is 316 g/mol. The molecule has 10 heteroatoms. The maximum Gasteiger partial charge on any atom is 0.413 e. The minimum absolute atomic E-state index is 0.276. The molecule has 0 radical (unpaired) electrons. The summed E-state index contributed by atoms with van der Waals surface area (Å²) in [5.41, 5.74) is 0.831. The second kappa shape index (κ2) is 6.26. The van der Waals surface area contributed by atoms with Gasteiger partial charge in [0.1, 0.15) is 0 Å². The zero-order chi connectivity index (χ0) is 15.6. The summed E-state index contributed by atoms with van der Waals surface area (Å²) in [5, 5.41) is 2.98. The normalized spacial score (nSPS) is 15.8. The molecule has 0 fully saturated rings. The molecule has 1 aliphatic rings. The van der Waals surface area contributed by atoms with E-state index in [1.54, 1.807) is 6.92 Å². The Morgan fingerprint density at radius 3 is 2.86 bits per heavy atom. The number of nitrogens with one attached hydrogen (secondary N) is 1. The number of ether oxygens (including phenoxy) is 1. The third-order valence-corrected chi connectivity index (χ3v) is 5.85. The number of hydrogen-bond acceptors (Lipinski definition) is 6. The Balaban J connectivity index is 2.12. The maximum absolute atomic E-state index is 12.1. The van der Waals surface area contributed by atoms with Gasteiger partial charge in [-0.2, -0.15) is 17.0 Å². The topological polar surface area (TPSA) is 91.8 Å². The maximum atomic E-state index is 12.1. The molecule has 0 saturated heterocycles. The van der Waals surface area contributed by atoms with E-state index in [1.165, 1.54) is 34.0 Å². The highest BCUT2D eigenvalue weighted by Gasteiger charge is 2.30. The van der Waals surface area contributed by atoms with Crippen LogP contribution >= 0.6 is 11.3 Å². The van der Waals surface area contributed by atoms with Gasteiger partial charge in [-0.25, -0.2) is 9.78 Å². The Hall–Kier alpha value is -1.23. The lowest BCUT2D eigenvalue weighted by Gasteiger charge is -2.27. The summed E-state index contributed by atoms with van der Waals surface area (Å²) in [5.74, 6) is 0. The van der Waals surface area contributed by atoms with Gasteiger partial charge < -0.3 is 4.74 Å². The van der Waals surface area contributed by atoms with Gasteiger partial charge in [0.25, 0.3) is 10.2 Å². The van der Waals surface area contributed by atoms with Crippen LogP contribution in [0.1, 0.15) is 17.5 Å². The Bertz CT molecular complexity index is 626. The smallest absolute Gasteiger partial charge is 0.413 e. The molecule has 8 nitrogen and oxygen atoms in total. The van der Waals surface area contributed by atoms with Crippen molar-refractivity contribution in [2.24, 2.45) is 0 Å². The van der Waals surface area contributed by atoms with Crippen LogP contribution in [0.2, 0.25) is 0 Å². The Morgan fingerprint density at radius 2 is 2.24 bits per heavy atom. The summed E-state index contributed by atoms with van der Waals surface area (Å²) in [4.78, 5) is 16.5. The van der Waals surface area contributed by atoms with Crippen molar-refractivity contribution in [1.82, 2.24) is 13.6 Å². The molecule has 0 saturated carbocycles. The molecule has 0 atom stereocenters. The number of carbonyl (C=O) groups is 1. The Labute approximate surface area is 127 Å². The lowest BCUT2D eigenvalue weighted by molar-refractivity contribution is 0.168. The molecule has 0 unspecified atom stereocenters. The van der Waals surface area contributed by atoms with Crippen LogP contribution in [-0.4, -0.2) is 55.4 Å². The summed E-state index contributed by atoms with van der Waals surface area (Å²) >= 11 is 1.27. The molecule has 118 valence electrons. The summed E-state index contributed by atoms with van der Waals surface area (Å²) in [6.07, 6.45) is -0.0231. The number of aromatic nitrogens is 1. The number of amides is 1. The van der Waals surface area contributed by atoms with Gasteiger partial charge in [0, 0.05) is 31.9 Å². The third-order valence-electron chi connectivity index (χ3n) is 2.97. The molecular formula is C11H18N4O4S2. The van der Waals surface area contributed by atoms with Crippen LogP contribution < -0.4 is 5.32 Å². The summed E-state index contributed by atoms with van der Waals surface area (Å²) in [7, 11) is -0.421. The van der Waals surface area contributed by atoms with Crippen LogP contribution in [0.15, 0.2) is 0 Å². The van der Waals surface area contributed by atoms with Crippen molar-refractivity contribution in [3.05, 3.63) is 10.6 Å². The van der Waals surface area contributed by atoms with E-state index in [1.807, 2.05) is 0 Å². The van der Waals surface area contributed by atoms with E-state index in [4.69, 9.17) is 4.74 Å². The van der Waals surface area contributed by atoms with Crippen molar-refractivity contribution in [2.75, 3.05) is 32.6 Å². The zero-order valence-corrected chi connectivity index (χ0v) is 13.8. The van der Waals surface area contributed by atoms with Gasteiger partial charge >= 0.3 is 6.09 Å². The van der Waals surface area contributed by atoms with Gasteiger partial charge in [-0.15, -0.1) is 0 Å². The summed E-state index contributed by atoms with van der Waals surface area (Å²) < 4.78 is 31.6. The predicted molar refractivity (Wildman–Crippen MR) is 79.5 cm³/mol. The van der Waals surface area contributed by atoms with Crippen molar-refractivity contribution < 1.29 is 17.9 Å². The standard InChI is InChI=1S/C11H18N4O4S2/c1-4-19-11(16)13-10-12-8-5-6-15(7-9(8)20-10)21(17,18)14(2)3/h4-7H2,1-3H3,(H,12,13,16). The highest BCUT2D eigenvalue weighted by atomic mass is 32.2. The van der Waals surface area contributed by atoms with Crippen molar-refractivity contribution >= 4 is 32.8 Å². The lowest BCUT2D eigenvalue weighted by atomic mass is 10.2. The van der Waals surface area contributed by atoms with Crippen LogP contribution in [0.4, 0.5) is 9.93 Å². The number of hydrogen-bond donors (Lipinski definition) is 1. The number of rotatable bonds is 4. The average Bonchev–Trinajstić information content (AvgIpc) is 2.79. The lowest BCUT2D eigenvalue weighted by Crippen LogP contribution is -2.42. The van der Waals surface area contributed by atoms with Crippen LogP contribution in [0.3, 0.4) is 0 Å². The van der Waals surface area contributed by atoms with E-state index in [9.17, 15) is 13.2 Å². The first-order valence-electron chi connectivity index (χ1n) is 6.44. The minimum atomic E-state index is -3.43. The monoisotopic (exact) mass is 334 g/mol. The van der Waals surface area contributed by atoms with Gasteiger partial charge in [-0.3, -0.25) is 5.32 Å². The molecule has 0 spiro atoms. The first-order chi connectivity index (χ1) is 9.84. The number of anilines is 1. The van der Waals surface area contributed by atoms with Crippen molar-refractivity contribution in [3.63, 3.8) is 0 Å². The molecule has 2 heterocycles. The van der Waals surface area contributed by atoms with Crippen LogP contribution in [0.5, 0.6) is 0 Å². The fraction of sp³-hybridized carbons (Fsp3) is 0.636. The average molecular weight is 334 g/mol.